The molecule has 142 valence electrons. The second-order valence-electron chi connectivity index (χ2n) is 7.10. The van der Waals surface area contributed by atoms with E-state index < -0.39 is 0 Å². The van der Waals surface area contributed by atoms with Crippen LogP contribution in [0.25, 0.3) is 0 Å². The summed E-state index contributed by atoms with van der Waals surface area (Å²) in [6, 6.07) is 2.17. The number of aliphatic imine (C=N–C) groups is 1. The predicted octanol–water partition coefficient (Wildman–Crippen LogP) is 3.31. The quantitative estimate of drug-likeness (QED) is 0.552. The van der Waals surface area contributed by atoms with E-state index in [1.54, 1.807) is 0 Å². The fraction of sp³-hybridized carbons (Fsp3) is 0.737. The van der Waals surface area contributed by atoms with Crippen LogP contribution < -0.4 is 5.32 Å². The van der Waals surface area contributed by atoms with Crippen LogP contribution in [0.15, 0.2) is 21.7 Å². The lowest BCUT2D eigenvalue weighted by Gasteiger charge is -2.31. The van der Waals surface area contributed by atoms with Crippen molar-refractivity contribution in [1.29, 1.82) is 0 Å². The zero-order valence-electron chi connectivity index (χ0n) is 16.3. The Morgan fingerprint density at radius 2 is 2.08 bits per heavy atom. The first-order chi connectivity index (χ1) is 12.0. The fourth-order valence-corrected chi connectivity index (χ4v) is 4.01. The van der Waals surface area contributed by atoms with Crippen LogP contribution in [0.2, 0.25) is 0 Å². The third-order valence-electron chi connectivity index (χ3n) is 4.92. The first kappa shape index (κ1) is 20.3. The molecule has 1 saturated heterocycles. The molecule has 0 unspecified atom stereocenters. The molecule has 2 heterocycles. The smallest absolute Gasteiger partial charge is 0.194 e. The maximum Gasteiger partial charge on any atom is 0.194 e. The summed E-state index contributed by atoms with van der Waals surface area (Å²) in [5.41, 5.74) is 1.27. The number of rotatable bonds is 7. The van der Waals surface area contributed by atoms with Gasteiger partial charge in [-0.1, -0.05) is 6.92 Å². The van der Waals surface area contributed by atoms with Crippen molar-refractivity contribution in [3.8, 4) is 0 Å². The van der Waals surface area contributed by atoms with Crippen molar-refractivity contribution in [2.75, 3.05) is 39.8 Å². The molecule has 6 heteroatoms. The molecule has 25 heavy (non-hydrogen) atoms. The van der Waals surface area contributed by atoms with E-state index in [2.05, 4.69) is 75.8 Å². The number of piperidine rings is 1. The topological polar surface area (TPSA) is 35.8 Å². The minimum absolute atomic E-state index is 0.722. The van der Waals surface area contributed by atoms with Gasteiger partial charge in [0.15, 0.2) is 5.96 Å². The van der Waals surface area contributed by atoms with E-state index >= 15 is 0 Å². The largest absolute Gasteiger partial charge is 0.357 e. The Kier molecular flexibility index (Phi) is 8.30. The summed E-state index contributed by atoms with van der Waals surface area (Å²) in [6.45, 7) is 10.8. The molecular weight excluding hydrogens is 378 g/mol. The van der Waals surface area contributed by atoms with Crippen molar-refractivity contribution in [2.45, 2.75) is 39.7 Å². The van der Waals surface area contributed by atoms with Crippen LogP contribution in [0.4, 0.5) is 0 Å². The Morgan fingerprint density at radius 1 is 1.36 bits per heavy atom. The molecule has 0 bridgehead atoms. The van der Waals surface area contributed by atoms with Gasteiger partial charge in [-0.3, -0.25) is 4.99 Å². The van der Waals surface area contributed by atoms with Crippen LogP contribution in [0, 0.1) is 5.92 Å². The number of hydrogen-bond acceptors (Lipinski definition) is 2. The monoisotopic (exact) mass is 411 g/mol. The van der Waals surface area contributed by atoms with Gasteiger partial charge in [0.1, 0.15) is 0 Å². The second-order valence-corrected chi connectivity index (χ2v) is 8.01. The molecule has 0 amide bonds. The van der Waals surface area contributed by atoms with Crippen molar-refractivity contribution in [3.05, 3.63) is 22.4 Å². The standard InChI is InChI=1S/C19H34BrN5/c1-5-9-25-10-7-16(8-11-25)13-22-19(21-6-2)24(4)15-18-12-17(20)14-23(18)3/h12,14,16H,5-11,13,15H2,1-4H3,(H,21,22). The molecule has 0 spiro atoms. The normalized spacial score (nSPS) is 17.1. The van der Waals surface area contributed by atoms with E-state index in [1.165, 1.54) is 44.6 Å². The zero-order valence-corrected chi connectivity index (χ0v) is 17.8. The molecule has 1 aliphatic rings. The van der Waals surface area contributed by atoms with Crippen LogP contribution in [0.5, 0.6) is 0 Å². The fourth-order valence-electron chi connectivity index (χ4n) is 3.44. The van der Waals surface area contributed by atoms with E-state index in [9.17, 15) is 0 Å². The van der Waals surface area contributed by atoms with Gasteiger partial charge in [-0.05, 0) is 73.7 Å². The van der Waals surface area contributed by atoms with Crippen LogP contribution >= 0.6 is 15.9 Å². The number of aryl methyl sites for hydroxylation is 1. The Morgan fingerprint density at radius 3 is 2.64 bits per heavy atom. The average Bonchev–Trinajstić information content (AvgIpc) is 2.90. The van der Waals surface area contributed by atoms with Gasteiger partial charge in [-0.15, -0.1) is 0 Å². The highest BCUT2D eigenvalue weighted by molar-refractivity contribution is 9.10. The van der Waals surface area contributed by atoms with Crippen molar-refractivity contribution in [2.24, 2.45) is 18.0 Å². The van der Waals surface area contributed by atoms with Crippen LogP contribution in [0.3, 0.4) is 0 Å². The van der Waals surface area contributed by atoms with Crippen LogP contribution in [-0.4, -0.2) is 60.1 Å². The number of nitrogens with one attached hydrogen (secondary N) is 1. The van der Waals surface area contributed by atoms with E-state index in [0.717, 1.165) is 36.0 Å². The summed E-state index contributed by atoms with van der Waals surface area (Å²) in [4.78, 5) is 9.74. The van der Waals surface area contributed by atoms with Gasteiger partial charge in [0.05, 0.1) is 6.54 Å². The van der Waals surface area contributed by atoms with Gasteiger partial charge in [0.2, 0.25) is 0 Å². The molecule has 1 aliphatic heterocycles. The molecule has 0 aliphatic carbocycles. The lowest BCUT2D eigenvalue weighted by atomic mass is 9.97. The number of aromatic nitrogens is 1. The molecule has 1 aromatic heterocycles. The maximum atomic E-state index is 4.93. The lowest BCUT2D eigenvalue weighted by molar-refractivity contribution is 0.188. The molecular formula is C19H34BrN5. The van der Waals surface area contributed by atoms with Gasteiger partial charge in [-0.2, -0.15) is 0 Å². The average molecular weight is 412 g/mol. The van der Waals surface area contributed by atoms with Gasteiger partial charge >= 0.3 is 0 Å². The van der Waals surface area contributed by atoms with Crippen molar-refractivity contribution < 1.29 is 0 Å². The number of halogens is 1. The summed E-state index contributed by atoms with van der Waals surface area (Å²) >= 11 is 3.55. The van der Waals surface area contributed by atoms with Crippen molar-refractivity contribution in [3.63, 3.8) is 0 Å². The van der Waals surface area contributed by atoms with Gasteiger partial charge in [0, 0.05) is 43.5 Å². The summed E-state index contributed by atoms with van der Waals surface area (Å²) in [6.07, 6.45) is 5.90. The highest BCUT2D eigenvalue weighted by Gasteiger charge is 2.19. The van der Waals surface area contributed by atoms with Crippen molar-refractivity contribution >= 4 is 21.9 Å². The summed E-state index contributed by atoms with van der Waals surface area (Å²) in [5, 5.41) is 3.44. The van der Waals surface area contributed by atoms with Crippen LogP contribution in [-0.2, 0) is 13.6 Å². The molecule has 5 nitrogen and oxygen atoms in total. The number of likely N-dealkylation sites (tertiary alicyclic amines) is 1. The van der Waals surface area contributed by atoms with Gasteiger partial charge < -0.3 is 19.7 Å². The minimum atomic E-state index is 0.722. The maximum absolute atomic E-state index is 4.93. The first-order valence-electron chi connectivity index (χ1n) is 9.56. The Bertz CT molecular complexity index is 546. The molecule has 1 fully saturated rings. The van der Waals surface area contributed by atoms with E-state index in [-0.39, 0.29) is 0 Å². The molecule has 0 atom stereocenters. The number of guanidine groups is 1. The molecule has 2 rings (SSSR count). The highest BCUT2D eigenvalue weighted by Crippen LogP contribution is 2.18. The third-order valence-corrected chi connectivity index (χ3v) is 5.35. The van der Waals surface area contributed by atoms with Crippen molar-refractivity contribution in [1.82, 2.24) is 19.7 Å². The van der Waals surface area contributed by atoms with E-state index in [4.69, 9.17) is 4.99 Å². The summed E-state index contributed by atoms with van der Waals surface area (Å²) < 4.78 is 3.28. The second kappa shape index (κ2) is 10.2. The Hall–Kier alpha value is -1.01. The molecule has 1 aromatic rings. The van der Waals surface area contributed by atoms with Gasteiger partial charge in [0.25, 0.3) is 0 Å². The molecule has 0 saturated carbocycles. The van der Waals surface area contributed by atoms with Gasteiger partial charge in [-0.25, -0.2) is 0 Å². The number of nitrogens with zero attached hydrogens (tertiary/aromatic N) is 4. The molecule has 0 radical (unpaired) electrons. The third kappa shape index (κ3) is 6.33. The summed E-state index contributed by atoms with van der Waals surface area (Å²) in [7, 11) is 4.20. The number of hydrogen-bond donors (Lipinski definition) is 1. The predicted molar refractivity (Wildman–Crippen MR) is 110 cm³/mol. The van der Waals surface area contributed by atoms with E-state index in [1.807, 2.05) is 0 Å². The Labute approximate surface area is 161 Å². The summed E-state index contributed by atoms with van der Waals surface area (Å²) in [5.74, 6) is 1.73. The van der Waals surface area contributed by atoms with E-state index in [0.29, 0.717) is 0 Å². The zero-order chi connectivity index (χ0) is 18.2. The molecule has 1 N–H and O–H groups in total. The highest BCUT2D eigenvalue weighted by atomic mass is 79.9. The SMILES string of the molecule is CCCN1CCC(CN=C(NCC)N(C)Cc2cc(Br)cn2C)CC1. The van der Waals surface area contributed by atoms with Crippen LogP contribution in [0.1, 0.15) is 38.8 Å². The minimum Gasteiger partial charge on any atom is -0.357 e. The lowest BCUT2D eigenvalue weighted by Crippen LogP contribution is -2.40. The molecule has 0 aromatic carbocycles. The first-order valence-corrected chi connectivity index (χ1v) is 10.3. The Balaban J connectivity index is 1.90.